The zero-order valence-corrected chi connectivity index (χ0v) is 20.3. The van der Waals surface area contributed by atoms with Crippen LogP contribution in [0.2, 0.25) is 0 Å². The van der Waals surface area contributed by atoms with Crippen LogP contribution in [0.5, 0.6) is 5.88 Å². The van der Waals surface area contributed by atoms with Crippen LogP contribution < -0.4 is 14.4 Å². The van der Waals surface area contributed by atoms with Crippen molar-refractivity contribution in [2.45, 2.75) is 37.8 Å². The zero-order valence-electron chi connectivity index (χ0n) is 19.5. The molecule has 0 bridgehead atoms. The molecule has 5 rings (SSSR count). The highest BCUT2D eigenvalue weighted by molar-refractivity contribution is 7.89. The number of hydrogen-bond acceptors (Lipinski definition) is 9. The van der Waals surface area contributed by atoms with Crippen molar-refractivity contribution in [3.63, 3.8) is 0 Å². The van der Waals surface area contributed by atoms with Gasteiger partial charge in [0, 0.05) is 43.8 Å². The quantitative estimate of drug-likeness (QED) is 0.540. The number of carbonyl (C=O) groups excluding carboxylic acids is 1. The van der Waals surface area contributed by atoms with Crippen LogP contribution in [0.25, 0.3) is 10.9 Å². The average Bonchev–Trinajstić information content (AvgIpc) is 3.39. The van der Waals surface area contributed by atoms with Crippen molar-refractivity contribution in [3.05, 3.63) is 42.6 Å². The average molecular weight is 501 g/mol. The number of fused-ring (bicyclic) bond motifs is 1. The van der Waals surface area contributed by atoms with Gasteiger partial charge in [0.25, 0.3) is 5.91 Å². The summed E-state index contributed by atoms with van der Waals surface area (Å²) < 4.78 is 39.1. The number of pyridine rings is 2. The van der Waals surface area contributed by atoms with E-state index in [1.54, 1.807) is 12.3 Å². The Morgan fingerprint density at radius 3 is 2.63 bits per heavy atom. The fraction of sp³-hybridized carbons (Fsp3) is 0.478. The van der Waals surface area contributed by atoms with Crippen molar-refractivity contribution in [3.8, 4) is 5.88 Å². The Kier molecular flexibility index (Phi) is 6.56. The molecule has 0 aromatic carbocycles. The van der Waals surface area contributed by atoms with Crippen molar-refractivity contribution in [2.75, 3.05) is 37.5 Å². The van der Waals surface area contributed by atoms with Gasteiger partial charge in [-0.25, -0.2) is 18.1 Å². The lowest BCUT2D eigenvalue weighted by Crippen LogP contribution is -2.36. The maximum Gasteiger partial charge on any atom is 0.266 e. The van der Waals surface area contributed by atoms with Crippen LogP contribution in [0.3, 0.4) is 0 Å². The van der Waals surface area contributed by atoms with Crippen molar-refractivity contribution >= 4 is 32.7 Å². The number of hydrogen-bond donors (Lipinski definition) is 1. The first-order chi connectivity index (χ1) is 16.9. The SMILES string of the molecule is CS(=O)(=O)NC(=O)c1cnc2cc(N3CCOCC3)nc(O[C@H]3CC[C@@H](n4ccnc4)CC3)c2c1. The maximum absolute atomic E-state index is 12.4. The van der Waals surface area contributed by atoms with Gasteiger partial charge in [0.2, 0.25) is 15.9 Å². The molecule has 11 nitrogen and oxygen atoms in total. The summed E-state index contributed by atoms with van der Waals surface area (Å²) in [6.45, 7) is 2.66. The van der Waals surface area contributed by atoms with Gasteiger partial charge in [0.15, 0.2) is 0 Å². The number of anilines is 1. The summed E-state index contributed by atoms with van der Waals surface area (Å²) in [6, 6.07) is 3.85. The first-order valence-electron chi connectivity index (χ1n) is 11.7. The molecule has 1 N–H and O–H groups in total. The van der Waals surface area contributed by atoms with Crippen LogP contribution in [0.4, 0.5) is 5.82 Å². The third kappa shape index (κ3) is 5.54. The van der Waals surface area contributed by atoms with Gasteiger partial charge in [-0.15, -0.1) is 0 Å². The molecule has 186 valence electrons. The van der Waals surface area contributed by atoms with Gasteiger partial charge >= 0.3 is 0 Å². The lowest BCUT2D eigenvalue weighted by atomic mass is 9.93. The number of morpholine rings is 1. The summed E-state index contributed by atoms with van der Waals surface area (Å²) in [5.74, 6) is 0.395. The van der Waals surface area contributed by atoms with E-state index in [1.165, 1.54) is 6.20 Å². The minimum absolute atomic E-state index is 0.0288. The van der Waals surface area contributed by atoms with Gasteiger partial charge < -0.3 is 18.9 Å². The van der Waals surface area contributed by atoms with Gasteiger partial charge in [-0.05, 0) is 31.7 Å². The number of imidazole rings is 1. The Morgan fingerprint density at radius 1 is 1.17 bits per heavy atom. The number of carbonyl (C=O) groups is 1. The lowest BCUT2D eigenvalue weighted by molar-refractivity contribution is 0.0981. The molecule has 2 fully saturated rings. The molecule has 1 aliphatic carbocycles. The molecule has 0 radical (unpaired) electrons. The molecule has 0 unspecified atom stereocenters. The minimum Gasteiger partial charge on any atom is -0.474 e. The Hall–Kier alpha value is -3.25. The third-order valence-corrected chi connectivity index (χ3v) is 6.93. The van der Waals surface area contributed by atoms with Crippen molar-refractivity contribution < 1.29 is 22.7 Å². The Labute approximate surface area is 203 Å². The van der Waals surface area contributed by atoms with Crippen LogP contribution in [0.1, 0.15) is 42.1 Å². The van der Waals surface area contributed by atoms with Crippen LogP contribution >= 0.6 is 0 Å². The summed E-state index contributed by atoms with van der Waals surface area (Å²) in [7, 11) is -3.70. The second kappa shape index (κ2) is 9.78. The summed E-state index contributed by atoms with van der Waals surface area (Å²) in [5, 5.41) is 0.569. The second-order valence-corrected chi connectivity index (χ2v) is 10.7. The Morgan fingerprint density at radius 2 is 1.94 bits per heavy atom. The molecule has 4 heterocycles. The van der Waals surface area contributed by atoms with E-state index in [0.29, 0.717) is 49.1 Å². The van der Waals surface area contributed by atoms with Crippen molar-refractivity contribution in [2.24, 2.45) is 0 Å². The summed E-state index contributed by atoms with van der Waals surface area (Å²) >= 11 is 0. The topological polar surface area (TPSA) is 129 Å². The van der Waals surface area contributed by atoms with Gasteiger partial charge in [-0.2, -0.15) is 4.98 Å². The molecule has 3 aromatic heterocycles. The van der Waals surface area contributed by atoms with Crippen LogP contribution in [0.15, 0.2) is 37.1 Å². The molecule has 1 amide bonds. The van der Waals surface area contributed by atoms with Crippen LogP contribution in [-0.4, -0.2) is 72.5 Å². The highest BCUT2D eigenvalue weighted by Gasteiger charge is 2.26. The third-order valence-electron chi connectivity index (χ3n) is 6.37. The molecule has 1 aliphatic heterocycles. The molecule has 35 heavy (non-hydrogen) atoms. The van der Waals surface area contributed by atoms with E-state index >= 15 is 0 Å². The minimum atomic E-state index is -3.70. The number of nitrogens with one attached hydrogen (secondary N) is 1. The largest absolute Gasteiger partial charge is 0.474 e. The molecular weight excluding hydrogens is 472 g/mol. The van der Waals surface area contributed by atoms with E-state index in [-0.39, 0.29) is 11.7 Å². The molecule has 12 heteroatoms. The van der Waals surface area contributed by atoms with E-state index in [2.05, 4.69) is 19.4 Å². The number of aromatic nitrogens is 4. The Bertz CT molecular complexity index is 1300. The van der Waals surface area contributed by atoms with Crippen LogP contribution in [0, 0.1) is 0 Å². The smallest absolute Gasteiger partial charge is 0.266 e. The van der Waals surface area contributed by atoms with E-state index in [0.717, 1.165) is 37.8 Å². The maximum atomic E-state index is 12.4. The van der Waals surface area contributed by atoms with Crippen LogP contribution in [-0.2, 0) is 14.8 Å². The number of nitrogens with zero attached hydrogens (tertiary/aromatic N) is 5. The summed E-state index contributed by atoms with van der Waals surface area (Å²) in [5.41, 5.74) is 0.747. The fourth-order valence-corrected chi connectivity index (χ4v) is 5.04. The first-order valence-corrected chi connectivity index (χ1v) is 13.5. The predicted octanol–water partition coefficient (Wildman–Crippen LogP) is 1.91. The first kappa shape index (κ1) is 23.5. The normalized spacial score (nSPS) is 21.1. The van der Waals surface area contributed by atoms with Gasteiger partial charge in [-0.1, -0.05) is 0 Å². The summed E-state index contributed by atoms with van der Waals surface area (Å²) in [6.07, 6.45) is 11.5. The lowest BCUT2D eigenvalue weighted by Gasteiger charge is -2.31. The highest BCUT2D eigenvalue weighted by atomic mass is 32.2. The molecule has 0 spiro atoms. The monoisotopic (exact) mass is 500 g/mol. The number of rotatable bonds is 6. The Balaban J connectivity index is 1.43. The summed E-state index contributed by atoms with van der Waals surface area (Å²) in [4.78, 5) is 28.0. The molecular formula is C23H28N6O5S. The number of sulfonamides is 1. The predicted molar refractivity (Wildman–Crippen MR) is 129 cm³/mol. The number of ether oxygens (including phenoxy) is 2. The molecule has 2 aliphatic rings. The molecule has 0 atom stereocenters. The van der Waals surface area contributed by atoms with Gasteiger partial charge in [-0.3, -0.25) is 9.78 Å². The second-order valence-electron chi connectivity index (χ2n) is 8.94. The van der Waals surface area contributed by atoms with E-state index in [9.17, 15) is 13.2 Å². The molecule has 1 saturated carbocycles. The molecule has 1 saturated heterocycles. The fourth-order valence-electron chi connectivity index (χ4n) is 4.58. The standard InChI is InChI=1S/C23H28N6O5S/c1-35(31,32)27-22(30)16-12-19-20(25-14-16)13-21(28-8-10-33-11-9-28)26-23(19)34-18-4-2-17(3-5-18)29-7-6-24-15-29/h6-7,12-15,17-18H,2-5,8-11H2,1H3,(H,27,30)/t17-,18+. The number of amides is 1. The van der Waals surface area contributed by atoms with Gasteiger partial charge in [0.05, 0.1) is 42.3 Å². The van der Waals surface area contributed by atoms with Gasteiger partial charge in [0.1, 0.15) is 11.9 Å². The van der Waals surface area contributed by atoms with E-state index in [1.807, 2.05) is 23.3 Å². The molecule has 3 aromatic rings. The van der Waals surface area contributed by atoms with Crippen molar-refractivity contribution in [1.82, 2.24) is 24.2 Å². The zero-order chi connectivity index (χ0) is 24.4. The van der Waals surface area contributed by atoms with Crippen molar-refractivity contribution in [1.29, 1.82) is 0 Å². The van der Waals surface area contributed by atoms with E-state index in [4.69, 9.17) is 14.5 Å². The van der Waals surface area contributed by atoms with E-state index < -0.39 is 15.9 Å². The highest BCUT2D eigenvalue weighted by Crippen LogP contribution is 2.34.